The predicted molar refractivity (Wildman–Crippen MR) is 114 cm³/mol. The van der Waals surface area contributed by atoms with E-state index in [1.165, 1.54) is 30.3 Å². The van der Waals surface area contributed by atoms with Crippen molar-refractivity contribution in [1.29, 1.82) is 5.26 Å². The molecule has 2 aromatic rings. The van der Waals surface area contributed by atoms with Crippen molar-refractivity contribution in [1.82, 2.24) is 4.90 Å². The maximum Gasteiger partial charge on any atom is 0.417 e. The molecule has 2 atom stereocenters. The van der Waals surface area contributed by atoms with E-state index in [1.54, 1.807) is 15.9 Å². The molecule has 0 unspecified atom stereocenters. The van der Waals surface area contributed by atoms with E-state index in [4.69, 9.17) is 10.00 Å². The molecule has 2 aliphatic heterocycles. The van der Waals surface area contributed by atoms with E-state index in [2.05, 4.69) is 0 Å². The van der Waals surface area contributed by atoms with E-state index in [9.17, 15) is 27.5 Å². The topological polar surface area (TPSA) is 76.8 Å². The largest absolute Gasteiger partial charge is 0.484 e. The Morgan fingerprint density at radius 1 is 1.21 bits per heavy atom. The van der Waals surface area contributed by atoms with Gasteiger partial charge in [-0.15, -0.1) is 0 Å². The number of aliphatic hydroxyl groups excluding tert-OH is 1. The number of carbonyl (C=O) groups excluding carboxylic acids is 1. The summed E-state index contributed by atoms with van der Waals surface area (Å²) in [6.07, 6.45) is -4.16. The summed E-state index contributed by atoms with van der Waals surface area (Å²) >= 11 is 0. The lowest BCUT2D eigenvalue weighted by atomic mass is 9.73. The number of hydrogen-bond donors (Lipinski definition) is 1. The summed E-state index contributed by atoms with van der Waals surface area (Å²) in [7, 11) is 0. The summed E-state index contributed by atoms with van der Waals surface area (Å²) in [6, 6.07) is 10.5. The maximum atomic E-state index is 13.4. The lowest BCUT2D eigenvalue weighted by Gasteiger charge is -2.42. The van der Waals surface area contributed by atoms with Crippen molar-refractivity contribution in [2.75, 3.05) is 44.3 Å². The first-order valence-corrected chi connectivity index (χ1v) is 10.8. The van der Waals surface area contributed by atoms with E-state index in [-0.39, 0.29) is 25.0 Å². The second-order valence-electron chi connectivity index (χ2n) is 8.77. The number of alkyl halides is 3. The number of nitrogens with zero attached hydrogens (tertiary/aromatic N) is 3. The van der Waals surface area contributed by atoms with Crippen molar-refractivity contribution in [3.8, 4) is 11.8 Å². The highest BCUT2D eigenvalue weighted by atomic mass is 19.4. The monoisotopic (exact) mass is 477 g/mol. The minimum Gasteiger partial charge on any atom is -0.484 e. The summed E-state index contributed by atoms with van der Waals surface area (Å²) in [4.78, 5) is 16.1. The third-order valence-corrected chi connectivity index (χ3v) is 6.77. The van der Waals surface area contributed by atoms with Gasteiger partial charge >= 0.3 is 6.18 Å². The van der Waals surface area contributed by atoms with Crippen LogP contribution in [0.5, 0.6) is 5.75 Å². The van der Waals surface area contributed by atoms with Gasteiger partial charge in [0.05, 0.1) is 23.8 Å². The van der Waals surface area contributed by atoms with E-state index >= 15 is 0 Å². The van der Waals surface area contributed by atoms with Gasteiger partial charge in [0.25, 0.3) is 5.91 Å². The second kappa shape index (κ2) is 9.14. The van der Waals surface area contributed by atoms with Gasteiger partial charge in [-0.2, -0.15) is 18.4 Å². The molecule has 34 heavy (non-hydrogen) atoms. The highest BCUT2D eigenvalue weighted by molar-refractivity contribution is 5.78. The average molecular weight is 477 g/mol. The fourth-order valence-electron chi connectivity index (χ4n) is 4.79. The molecule has 2 fully saturated rings. The molecule has 0 aliphatic carbocycles. The Kier molecular flexibility index (Phi) is 6.41. The smallest absolute Gasteiger partial charge is 0.417 e. The van der Waals surface area contributed by atoms with Crippen LogP contribution in [-0.2, 0) is 11.0 Å². The first kappa shape index (κ1) is 23.8. The van der Waals surface area contributed by atoms with Crippen molar-refractivity contribution in [3.63, 3.8) is 0 Å². The first-order chi connectivity index (χ1) is 16.1. The minimum absolute atomic E-state index is 0.147. The van der Waals surface area contributed by atoms with Gasteiger partial charge in [0.2, 0.25) is 0 Å². The van der Waals surface area contributed by atoms with Gasteiger partial charge in [0.15, 0.2) is 6.61 Å². The van der Waals surface area contributed by atoms with Crippen LogP contribution in [0.1, 0.15) is 17.5 Å². The SMILES string of the molecule is N#Cc1ccc(N2C[C@H]3CN(C(=O)COc4ccc(F)cc4)CC[C@@]3(CO)C2)cc1C(F)(F)F. The van der Waals surface area contributed by atoms with Gasteiger partial charge in [-0.1, -0.05) is 0 Å². The number of hydrogen-bond acceptors (Lipinski definition) is 5. The van der Waals surface area contributed by atoms with Crippen LogP contribution in [0.25, 0.3) is 0 Å². The van der Waals surface area contributed by atoms with Gasteiger partial charge in [-0.05, 0) is 48.9 Å². The van der Waals surface area contributed by atoms with Gasteiger partial charge in [-0.3, -0.25) is 4.79 Å². The fraction of sp³-hybridized carbons (Fsp3) is 0.417. The molecule has 0 aromatic heterocycles. The van der Waals surface area contributed by atoms with E-state index < -0.39 is 28.5 Å². The van der Waals surface area contributed by atoms with Crippen molar-refractivity contribution in [2.45, 2.75) is 12.6 Å². The highest BCUT2D eigenvalue weighted by Gasteiger charge is 2.50. The Balaban J connectivity index is 1.46. The zero-order valence-electron chi connectivity index (χ0n) is 18.2. The summed E-state index contributed by atoms with van der Waals surface area (Å²) < 4.78 is 58.7. The van der Waals surface area contributed by atoms with Crippen LogP contribution in [0, 0.1) is 28.5 Å². The number of likely N-dealkylation sites (tertiary alicyclic amines) is 1. The van der Waals surface area contributed by atoms with Crippen LogP contribution >= 0.6 is 0 Å². The average Bonchev–Trinajstić information content (AvgIpc) is 3.22. The Morgan fingerprint density at radius 3 is 2.59 bits per heavy atom. The predicted octanol–water partition coefficient (Wildman–Crippen LogP) is 3.44. The number of rotatable bonds is 5. The van der Waals surface area contributed by atoms with Crippen LogP contribution < -0.4 is 9.64 Å². The molecule has 6 nitrogen and oxygen atoms in total. The molecular weight excluding hydrogens is 454 g/mol. The molecule has 1 N–H and O–H groups in total. The third-order valence-electron chi connectivity index (χ3n) is 6.77. The van der Waals surface area contributed by atoms with Crippen molar-refractivity contribution < 1.29 is 32.2 Å². The number of ether oxygens (including phenoxy) is 1. The third kappa shape index (κ3) is 4.66. The maximum absolute atomic E-state index is 13.4. The molecule has 2 aliphatic rings. The molecule has 0 radical (unpaired) electrons. The van der Waals surface area contributed by atoms with Crippen LogP contribution in [0.3, 0.4) is 0 Å². The molecular formula is C24H23F4N3O3. The summed E-state index contributed by atoms with van der Waals surface area (Å²) in [6.45, 7) is 1.07. The first-order valence-electron chi connectivity index (χ1n) is 10.8. The lowest BCUT2D eigenvalue weighted by molar-refractivity contribution is -0.138. The second-order valence-corrected chi connectivity index (χ2v) is 8.77. The molecule has 0 bridgehead atoms. The molecule has 4 rings (SSSR count). The summed E-state index contributed by atoms with van der Waals surface area (Å²) in [5.74, 6) is -0.451. The highest BCUT2D eigenvalue weighted by Crippen LogP contribution is 2.45. The van der Waals surface area contributed by atoms with Gasteiger partial charge in [0.1, 0.15) is 11.6 Å². The number of benzene rings is 2. The molecule has 1 amide bonds. The zero-order chi connectivity index (χ0) is 24.5. The van der Waals surface area contributed by atoms with Gasteiger partial charge in [-0.25, -0.2) is 4.39 Å². The number of carbonyl (C=O) groups is 1. The fourth-order valence-corrected chi connectivity index (χ4v) is 4.79. The van der Waals surface area contributed by atoms with Crippen molar-refractivity contribution in [2.24, 2.45) is 11.3 Å². The van der Waals surface area contributed by atoms with Gasteiger partial charge in [0, 0.05) is 43.2 Å². The van der Waals surface area contributed by atoms with Crippen LogP contribution in [0.4, 0.5) is 23.2 Å². The molecule has 0 spiro atoms. The molecule has 0 saturated carbocycles. The standard InChI is InChI=1S/C24H23F4N3O3/c25-18-2-5-20(6-3-18)34-13-22(33)30-8-7-23(15-32)14-31(12-17(23)11-30)19-4-1-16(10-29)21(9-19)24(26,27)28/h1-6,9,17,32H,7-8,11-15H2/t17-,23+/m1/s1. The van der Waals surface area contributed by atoms with Crippen LogP contribution in [0.15, 0.2) is 42.5 Å². The summed E-state index contributed by atoms with van der Waals surface area (Å²) in [5.41, 5.74) is -1.65. The number of anilines is 1. The van der Waals surface area contributed by atoms with Crippen molar-refractivity contribution in [3.05, 3.63) is 59.4 Å². The van der Waals surface area contributed by atoms with E-state index in [1.807, 2.05) is 0 Å². The number of piperidine rings is 1. The Morgan fingerprint density at radius 2 is 1.94 bits per heavy atom. The van der Waals surface area contributed by atoms with Crippen LogP contribution in [0.2, 0.25) is 0 Å². The Labute approximate surface area is 193 Å². The van der Waals surface area contributed by atoms with Gasteiger partial charge < -0.3 is 19.6 Å². The number of fused-ring (bicyclic) bond motifs is 1. The molecule has 10 heteroatoms. The van der Waals surface area contributed by atoms with Crippen molar-refractivity contribution >= 4 is 11.6 Å². The van der Waals surface area contributed by atoms with Crippen LogP contribution in [-0.4, -0.2) is 55.3 Å². The number of halogens is 4. The Hall–Kier alpha value is -3.32. The molecule has 2 heterocycles. The number of nitriles is 1. The number of aliphatic hydroxyl groups is 1. The van der Waals surface area contributed by atoms with E-state index in [0.717, 1.165) is 12.1 Å². The Bertz CT molecular complexity index is 1100. The quantitative estimate of drug-likeness (QED) is 0.668. The zero-order valence-corrected chi connectivity index (χ0v) is 18.2. The molecule has 2 saturated heterocycles. The minimum atomic E-state index is -4.66. The molecule has 2 aromatic carbocycles. The molecule has 180 valence electrons. The lowest BCUT2D eigenvalue weighted by Crippen LogP contribution is -2.51. The normalized spacial score (nSPS) is 22.3. The number of amides is 1. The summed E-state index contributed by atoms with van der Waals surface area (Å²) in [5, 5.41) is 19.2. The van der Waals surface area contributed by atoms with E-state index in [0.29, 0.717) is 44.0 Å².